The lowest BCUT2D eigenvalue weighted by atomic mass is 10.4. The van der Waals surface area contributed by atoms with Crippen LogP contribution in [0.25, 0.3) is 0 Å². The van der Waals surface area contributed by atoms with Crippen molar-refractivity contribution in [2.75, 3.05) is 20.1 Å². The highest BCUT2D eigenvalue weighted by molar-refractivity contribution is 7.87. The van der Waals surface area contributed by atoms with Gasteiger partial charge in [0.25, 0.3) is 0 Å². The Labute approximate surface area is 89.3 Å². The summed E-state index contributed by atoms with van der Waals surface area (Å²) in [5.41, 5.74) is 0. The lowest BCUT2D eigenvalue weighted by Gasteiger charge is -2.26. The van der Waals surface area contributed by atoms with Gasteiger partial charge in [0.1, 0.15) is 6.33 Å². The predicted octanol–water partition coefficient (Wildman–Crippen LogP) is -0.0814. The van der Waals surface area contributed by atoms with Crippen molar-refractivity contribution in [3.8, 4) is 0 Å². The smallest absolute Gasteiger partial charge is 0.244 e. The Kier molecular flexibility index (Phi) is 2.76. The normalized spacial score (nSPS) is 18.8. The highest BCUT2D eigenvalue weighted by atomic mass is 32.2. The first-order valence-electron chi connectivity index (χ1n) is 4.84. The molecule has 0 unspecified atom stereocenters. The molecular formula is C8H14N4O2S. The number of hydrogen-bond donors (Lipinski definition) is 0. The van der Waals surface area contributed by atoms with Gasteiger partial charge in [-0.05, 0) is 12.8 Å². The minimum atomic E-state index is -3.47. The number of imidazole rings is 1. The zero-order chi connectivity index (χ0) is 10.9. The van der Waals surface area contributed by atoms with Gasteiger partial charge in [-0.25, -0.2) is 14.0 Å². The lowest BCUT2D eigenvalue weighted by Crippen LogP contribution is -2.44. The van der Waals surface area contributed by atoms with Crippen LogP contribution < -0.4 is 0 Å². The Balaban J connectivity index is 2.22. The first kappa shape index (κ1) is 10.6. The molecule has 84 valence electrons. The third-order valence-corrected chi connectivity index (χ3v) is 4.21. The molecule has 0 saturated carbocycles. The number of nitrogens with zero attached hydrogens (tertiary/aromatic N) is 4. The molecule has 15 heavy (non-hydrogen) atoms. The number of hydrazine groups is 1. The van der Waals surface area contributed by atoms with E-state index < -0.39 is 10.2 Å². The Morgan fingerprint density at radius 3 is 2.53 bits per heavy atom. The summed E-state index contributed by atoms with van der Waals surface area (Å²) in [6.45, 7) is 1.59. The molecule has 0 radical (unpaired) electrons. The summed E-state index contributed by atoms with van der Waals surface area (Å²) in [6, 6.07) is 0. The van der Waals surface area contributed by atoms with Gasteiger partial charge in [-0.3, -0.25) is 0 Å². The maximum atomic E-state index is 12.0. The van der Waals surface area contributed by atoms with E-state index in [4.69, 9.17) is 0 Å². The number of aromatic nitrogens is 2. The van der Waals surface area contributed by atoms with Crippen molar-refractivity contribution < 1.29 is 8.42 Å². The Morgan fingerprint density at radius 2 is 2.00 bits per heavy atom. The van der Waals surface area contributed by atoms with Crippen LogP contribution in [0.4, 0.5) is 0 Å². The van der Waals surface area contributed by atoms with Crippen LogP contribution in [-0.4, -0.2) is 46.9 Å². The largest absolute Gasteiger partial charge is 0.321 e. The van der Waals surface area contributed by atoms with Gasteiger partial charge < -0.3 is 0 Å². The number of rotatable bonds is 3. The maximum Gasteiger partial charge on any atom is 0.321 e. The molecule has 1 aliphatic rings. The van der Waals surface area contributed by atoms with Gasteiger partial charge in [0.05, 0.1) is 0 Å². The molecule has 1 aliphatic heterocycles. The summed E-state index contributed by atoms with van der Waals surface area (Å²) in [6.07, 6.45) is 6.27. The SMILES string of the molecule is CN(N1CCCC1)S(=O)(=O)n1ccnc1. The lowest BCUT2D eigenvalue weighted by molar-refractivity contribution is 0.116. The minimum absolute atomic E-state index is 0.796. The monoisotopic (exact) mass is 230 g/mol. The van der Waals surface area contributed by atoms with E-state index in [9.17, 15) is 8.42 Å². The van der Waals surface area contributed by atoms with E-state index in [1.54, 1.807) is 7.05 Å². The van der Waals surface area contributed by atoms with Crippen LogP contribution in [0.5, 0.6) is 0 Å². The molecule has 0 aromatic carbocycles. The van der Waals surface area contributed by atoms with Crippen molar-refractivity contribution in [2.45, 2.75) is 12.8 Å². The Hall–Kier alpha value is -0.920. The molecule has 0 amide bonds. The molecule has 1 fully saturated rings. The van der Waals surface area contributed by atoms with Crippen LogP contribution in [0, 0.1) is 0 Å². The predicted molar refractivity (Wildman–Crippen MR) is 55.1 cm³/mol. The average molecular weight is 230 g/mol. The average Bonchev–Trinajstić information content (AvgIpc) is 2.89. The van der Waals surface area contributed by atoms with E-state index in [2.05, 4.69) is 4.98 Å². The summed E-state index contributed by atoms with van der Waals surface area (Å²) in [5.74, 6) is 0. The van der Waals surface area contributed by atoms with Crippen LogP contribution in [0.15, 0.2) is 18.7 Å². The third-order valence-electron chi connectivity index (χ3n) is 2.56. The van der Waals surface area contributed by atoms with Crippen molar-refractivity contribution in [3.05, 3.63) is 18.7 Å². The van der Waals surface area contributed by atoms with Crippen LogP contribution >= 0.6 is 0 Å². The molecule has 7 heteroatoms. The Bertz CT molecular complexity index is 408. The van der Waals surface area contributed by atoms with E-state index in [0.29, 0.717) is 0 Å². The molecule has 2 heterocycles. The summed E-state index contributed by atoms with van der Waals surface area (Å²) in [5, 5.41) is 1.83. The zero-order valence-electron chi connectivity index (χ0n) is 8.57. The van der Waals surface area contributed by atoms with Crippen molar-refractivity contribution in [1.29, 1.82) is 0 Å². The molecule has 0 atom stereocenters. The molecule has 0 aliphatic carbocycles. The van der Waals surface area contributed by atoms with E-state index in [-0.39, 0.29) is 0 Å². The van der Waals surface area contributed by atoms with Gasteiger partial charge in [0.15, 0.2) is 0 Å². The molecule has 2 rings (SSSR count). The van der Waals surface area contributed by atoms with Crippen molar-refractivity contribution in [1.82, 2.24) is 18.4 Å². The van der Waals surface area contributed by atoms with Gasteiger partial charge in [0.2, 0.25) is 0 Å². The van der Waals surface area contributed by atoms with Crippen molar-refractivity contribution >= 4 is 10.2 Å². The maximum absolute atomic E-state index is 12.0. The fraction of sp³-hybridized carbons (Fsp3) is 0.625. The molecule has 1 aromatic heterocycles. The van der Waals surface area contributed by atoms with Gasteiger partial charge in [-0.2, -0.15) is 8.42 Å². The van der Waals surface area contributed by atoms with Crippen LogP contribution in [0.2, 0.25) is 0 Å². The fourth-order valence-electron chi connectivity index (χ4n) is 1.65. The van der Waals surface area contributed by atoms with Gasteiger partial charge in [0, 0.05) is 32.5 Å². The van der Waals surface area contributed by atoms with E-state index in [0.717, 1.165) is 29.9 Å². The third kappa shape index (κ3) is 1.90. The van der Waals surface area contributed by atoms with Crippen LogP contribution in [0.3, 0.4) is 0 Å². The quantitative estimate of drug-likeness (QED) is 0.728. The fourth-order valence-corrected chi connectivity index (χ4v) is 2.76. The molecule has 1 aromatic rings. The summed E-state index contributed by atoms with van der Waals surface area (Å²) in [7, 11) is -1.90. The van der Waals surface area contributed by atoms with E-state index in [1.165, 1.54) is 23.1 Å². The van der Waals surface area contributed by atoms with Crippen molar-refractivity contribution in [2.24, 2.45) is 0 Å². The van der Waals surface area contributed by atoms with Crippen LogP contribution in [0.1, 0.15) is 12.8 Å². The summed E-state index contributed by atoms with van der Waals surface area (Å²) < 4.78 is 26.4. The first-order valence-corrected chi connectivity index (χ1v) is 6.24. The minimum Gasteiger partial charge on any atom is -0.244 e. The van der Waals surface area contributed by atoms with Crippen molar-refractivity contribution in [3.63, 3.8) is 0 Å². The second-order valence-electron chi connectivity index (χ2n) is 3.50. The second-order valence-corrected chi connectivity index (χ2v) is 5.34. The molecular weight excluding hydrogens is 216 g/mol. The van der Waals surface area contributed by atoms with Gasteiger partial charge in [-0.1, -0.05) is 0 Å². The summed E-state index contributed by atoms with van der Waals surface area (Å²) in [4.78, 5) is 3.74. The molecule has 0 N–H and O–H groups in total. The summed E-state index contributed by atoms with van der Waals surface area (Å²) >= 11 is 0. The number of hydrogen-bond acceptors (Lipinski definition) is 4. The highest BCUT2D eigenvalue weighted by Gasteiger charge is 2.27. The molecule has 0 spiro atoms. The van der Waals surface area contributed by atoms with E-state index >= 15 is 0 Å². The highest BCUT2D eigenvalue weighted by Crippen LogP contribution is 2.13. The molecule has 0 bridgehead atoms. The zero-order valence-corrected chi connectivity index (χ0v) is 9.39. The second kappa shape index (κ2) is 3.92. The first-order chi connectivity index (χ1) is 7.12. The molecule has 6 nitrogen and oxygen atoms in total. The van der Waals surface area contributed by atoms with Gasteiger partial charge >= 0.3 is 10.2 Å². The molecule has 1 saturated heterocycles. The van der Waals surface area contributed by atoms with E-state index in [1.807, 2.05) is 5.01 Å². The van der Waals surface area contributed by atoms with Gasteiger partial charge in [-0.15, -0.1) is 4.41 Å². The topological polar surface area (TPSA) is 58.4 Å². The van der Waals surface area contributed by atoms with Crippen LogP contribution in [-0.2, 0) is 10.2 Å². The standard InChI is InChI=1S/C8H14N4O2S/c1-10(11-5-2-3-6-11)15(13,14)12-7-4-9-8-12/h4,7-8H,2-3,5-6H2,1H3. The Morgan fingerprint density at radius 1 is 1.33 bits per heavy atom.